The standard InChI is InChI=1S/C12H12BrF4NO/c13-8-5-11(19-7-12(15,16)17)10(6-9(8)14)18-3-1-2-4-18/h5-6H,1-4,7H2. The third-order valence-corrected chi connectivity index (χ3v) is 3.45. The van der Waals surface area contributed by atoms with Crippen LogP contribution in [0.4, 0.5) is 23.2 Å². The fourth-order valence-corrected chi connectivity index (χ4v) is 2.32. The minimum atomic E-state index is -4.41. The van der Waals surface area contributed by atoms with E-state index < -0.39 is 18.6 Å². The molecule has 0 saturated carbocycles. The molecule has 0 bridgehead atoms. The van der Waals surface area contributed by atoms with Crippen LogP contribution in [0.1, 0.15) is 12.8 Å². The second-order valence-electron chi connectivity index (χ2n) is 4.33. The average molecular weight is 342 g/mol. The van der Waals surface area contributed by atoms with Crippen LogP contribution in [0, 0.1) is 5.82 Å². The van der Waals surface area contributed by atoms with E-state index in [0.29, 0.717) is 18.8 Å². The zero-order chi connectivity index (χ0) is 14.0. The zero-order valence-corrected chi connectivity index (χ0v) is 11.5. The minimum Gasteiger partial charge on any atom is -0.482 e. The molecule has 19 heavy (non-hydrogen) atoms. The molecule has 0 spiro atoms. The molecule has 1 aromatic rings. The zero-order valence-electron chi connectivity index (χ0n) is 9.94. The van der Waals surface area contributed by atoms with Crippen molar-refractivity contribution in [2.24, 2.45) is 0 Å². The first-order chi connectivity index (χ1) is 8.87. The fourth-order valence-electron chi connectivity index (χ4n) is 2.00. The van der Waals surface area contributed by atoms with Gasteiger partial charge in [0.1, 0.15) is 11.6 Å². The lowest BCUT2D eigenvalue weighted by atomic mass is 10.2. The highest BCUT2D eigenvalue weighted by molar-refractivity contribution is 9.10. The molecule has 7 heteroatoms. The van der Waals surface area contributed by atoms with E-state index in [1.54, 1.807) is 0 Å². The Bertz CT molecular complexity index is 458. The van der Waals surface area contributed by atoms with Crippen molar-refractivity contribution in [3.63, 3.8) is 0 Å². The van der Waals surface area contributed by atoms with Gasteiger partial charge in [0.25, 0.3) is 0 Å². The third kappa shape index (κ3) is 3.75. The number of ether oxygens (including phenoxy) is 1. The van der Waals surface area contributed by atoms with Crippen molar-refractivity contribution in [2.45, 2.75) is 19.0 Å². The van der Waals surface area contributed by atoms with E-state index in [9.17, 15) is 17.6 Å². The molecule has 1 aliphatic rings. The highest BCUT2D eigenvalue weighted by Gasteiger charge is 2.29. The van der Waals surface area contributed by atoms with Crippen LogP contribution in [0.2, 0.25) is 0 Å². The predicted molar refractivity (Wildman–Crippen MR) is 67.1 cm³/mol. The SMILES string of the molecule is Fc1cc(N2CCCC2)c(OCC(F)(F)F)cc1Br. The number of hydrogen-bond acceptors (Lipinski definition) is 2. The van der Waals surface area contributed by atoms with Gasteiger partial charge in [-0.1, -0.05) is 0 Å². The van der Waals surface area contributed by atoms with Gasteiger partial charge in [-0.25, -0.2) is 4.39 Å². The molecule has 0 radical (unpaired) electrons. The smallest absolute Gasteiger partial charge is 0.422 e. The van der Waals surface area contributed by atoms with Gasteiger partial charge >= 0.3 is 6.18 Å². The molecule has 2 rings (SSSR count). The van der Waals surface area contributed by atoms with Gasteiger partial charge in [0.2, 0.25) is 0 Å². The lowest BCUT2D eigenvalue weighted by molar-refractivity contribution is -0.153. The van der Waals surface area contributed by atoms with Crippen molar-refractivity contribution in [1.29, 1.82) is 0 Å². The van der Waals surface area contributed by atoms with E-state index in [2.05, 4.69) is 15.9 Å². The molecule has 2 nitrogen and oxygen atoms in total. The van der Waals surface area contributed by atoms with Crippen molar-refractivity contribution in [3.05, 3.63) is 22.4 Å². The molecule has 0 aromatic heterocycles. The van der Waals surface area contributed by atoms with E-state index in [1.165, 1.54) is 12.1 Å². The summed E-state index contributed by atoms with van der Waals surface area (Å²) in [5.41, 5.74) is 0.377. The summed E-state index contributed by atoms with van der Waals surface area (Å²) in [4.78, 5) is 1.83. The summed E-state index contributed by atoms with van der Waals surface area (Å²) in [5.74, 6) is -0.464. The number of benzene rings is 1. The van der Waals surface area contributed by atoms with Crippen LogP contribution in [-0.4, -0.2) is 25.9 Å². The minimum absolute atomic E-state index is 0.0486. The lowest BCUT2D eigenvalue weighted by Crippen LogP contribution is -2.22. The number of rotatable bonds is 3. The molecule has 0 N–H and O–H groups in total. The summed E-state index contributed by atoms with van der Waals surface area (Å²) < 4.78 is 55.0. The van der Waals surface area contributed by atoms with Gasteiger partial charge in [-0.05, 0) is 34.8 Å². The summed E-state index contributed by atoms with van der Waals surface area (Å²) in [5, 5.41) is 0. The summed E-state index contributed by atoms with van der Waals surface area (Å²) >= 11 is 2.95. The molecule has 1 fully saturated rings. The molecule has 1 aromatic carbocycles. The highest BCUT2D eigenvalue weighted by Crippen LogP contribution is 2.36. The van der Waals surface area contributed by atoms with E-state index >= 15 is 0 Å². The first-order valence-electron chi connectivity index (χ1n) is 5.80. The fraction of sp³-hybridized carbons (Fsp3) is 0.500. The second kappa shape index (κ2) is 5.56. The Balaban J connectivity index is 2.26. The van der Waals surface area contributed by atoms with Crippen molar-refractivity contribution < 1.29 is 22.3 Å². The Kier molecular flexibility index (Phi) is 4.23. The Morgan fingerprint density at radius 2 is 1.84 bits per heavy atom. The first-order valence-corrected chi connectivity index (χ1v) is 6.60. The summed E-state index contributed by atoms with van der Waals surface area (Å²) in [6, 6.07) is 2.45. The maximum absolute atomic E-state index is 13.5. The Hall–Kier alpha value is -0.980. The van der Waals surface area contributed by atoms with Gasteiger partial charge in [0.15, 0.2) is 6.61 Å². The highest BCUT2D eigenvalue weighted by atomic mass is 79.9. The summed E-state index contributed by atoms with van der Waals surface area (Å²) in [6.07, 6.45) is -2.53. The van der Waals surface area contributed by atoms with Crippen LogP contribution >= 0.6 is 15.9 Å². The lowest BCUT2D eigenvalue weighted by Gasteiger charge is -2.22. The van der Waals surface area contributed by atoms with E-state index in [1.807, 2.05) is 4.90 Å². The monoisotopic (exact) mass is 341 g/mol. The molecule has 1 saturated heterocycles. The Labute approximate surface area is 116 Å². The van der Waals surface area contributed by atoms with Crippen molar-refractivity contribution >= 4 is 21.6 Å². The van der Waals surface area contributed by atoms with Gasteiger partial charge in [-0.15, -0.1) is 0 Å². The number of anilines is 1. The van der Waals surface area contributed by atoms with Crippen LogP contribution in [0.15, 0.2) is 16.6 Å². The Morgan fingerprint density at radius 1 is 1.21 bits per heavy atom. The van der Waals surface area contributed by atoms with Crippen molar-refractivity contribution in [3.8, 4) is 5.75 Å². The molecule has 0 amide bonds. The molecule has 0 aliphatic carbocycles. The molecule has 106 valence electrons. The van der Waals surface area contributed by atoms with Crippen molar-refractivity contribution in [2.75, 3.05) is 24.6 Å². The topological polar surface area (TPSA) is 12.5 Å². The van der Waals surface area contributed by atoms with Crippen LogP contribution in [0.5, 0.6) is 5.75 Å². The summed E-state index contributed by atoms with van der Waals surface area (Å²) in [6.45, 7) is 0.0127. The van der Waals surface area contributed by atoms with Gasteiger partial charge in [-0.2, -0.15) is 13.2 Å². The van der Waals surface area contributed by atoms with Crippen LogP contribution < -0.4 is 9.64 Å². The molecular formula is C12H12BrF4NO. The van der Waals surface area contributed by atoms with Crippen LogP contribution in [0.25, 0.3) is 0 Å². The van der Waals surface area contributed by atoms with E-state index in [-0.39, 0.29) is 10.2 Å². The normalized spacial score (nSPS) is 15.9. The molecule has 1 aliphatic heterocycles. The number of hydrogen-bond donors (Lipinski definition) is 0. The molecule has 0 atom stereocenters. The average Bonchev–Trinajstić information content (AvgIpc) is 2.82. The van der Waals surface area contributed by atoms with E-state index in [0.717, 1.165) is 12.8 Å². The quantitative estimate of drug-likeness (QED) is 0.766. The number of halogens is 5. The third-order valence-electron chi connectivity index (χ3n) is 2.84. The van der Waals surface area contributed by atoms with Crippen molar-refractivity contribution in [1.82, 2.24) is 0 Å². The van der Waals surface area contributed by atoms with Crippen LogP contribution in [-0.2, 0) is 0 Å². The molecule has 1 heterocycles. The van der Waals surface area contributed by atoms with Gasteiger partial charge in [0, 0.05) is 19.2 Å². The van der Waals surface area contributed by atoms with Crippen LogP contribution in [0.3, 0.4) is 0 Å². The molecular weight excluding hydrogens is 330 g/mol. The summed E-state index contributed by atoms with van der Waals surface area (Å²) in [7, 11) is 0. The predicted octanol–water partition coefficient (Wildman–Crippen LogP) is 4.13. The van der Waals surface area contributed by atoms with Gasteiger partial charge in [-0.3, -0.25) is 0 Å². The maximum atomic E-state index is 13.5. The first kappa shape index (κ1) is 14.4. The Morgan fingerprint density at radius 3 is 2.42 bits per heavy atom. The van der Waals surface area contributed by atoms with Gasteiger partial charge < -0.3 is 9.64 Å². The van der Waals surface area contributed by atoms with E-state index in [4.69, 9.17) is 4.74 Å². The second-order valence-corrected chi connectivity index (χ2v) is 5.19. The largest absolute Gasteiger partial charge is 0.482 e. The van der Waals surface area contributed by atoms with Gasteiger partial charge in [0.05, 0.1) is 10.2 Å². The number of alkyl halides is 3. The maximum Gasteiger partial charge on any atom is 0.422 e. The number of nitrogens with zero attached hydrogens (tertiary/aromatic N) is 1. The molecule has 0 unspecified atom stereocenters.